The number of halogens is 1. The van der Waals surface area contributed by atoms with Crippen LogP contribution in [0.1, 0.15) is 15.9 Å². The van der Waals surface area contributed by atoms with Crippen LogP contribution in [0.3, 0.4) is 0 Å². The summed E-state index contributed by atoms with van der Waals surface area (Å²) >= 11 is 3.50. The van der Waals surface area contributed by atoms with E-state index in [1.807, 2.05) is 49.5 Å². The van der Waals surface area contributed by atoms with E-state index in [1.165, 1.54) is 5.56 Å². The fourth-order valence-electron chi connectivity index (χ4n) is 2.00. The zero-order chi connectivity index (χ0) is 14.5. The second kappa shape index (κ2) is 6.57. The summed E-state index contributed by atoms with van der Waals surface area (Å²) in [5, 5.41) is 0. The Morgan fingerprint density at radius 2 is 1.90 bits per heavy atom. The van der Waals surface area contributed by atoms with E-state index in [2.05, 4.69) is 20.8 Å². The number of aldehydes is 1. The number of carbonyl (C=O) groups excluding carboxylic acids is 1. The Labute approximate surface area is 127 Å². The van der Waals surface area contributed by atoms with Crippen LogP contribution >= 0.6 is 15.9 Å². The highest BCUT2D eigenvalue weighted by atomic mass is 79.9. The minimum atomic E-state index is 0.665. The zero-order valence-corrected chi connectivity index (χ0v) is 13.1. The van der Waals surface area contributed by atoms with Crippen molar-refractivity contribution in [1.82, 2.24) is 0 Å². The van der Waals surface area contributed by atoms with Crippen molar-refractivity contribution in [2.45, 2.75) is 6.54 Å². The average molecular weight is 334 g/mol. The van der Waals surface area contributed by atoms with Crippen molar-refractivity contribution >= 4 is 27.9 Å². The predicted octanol–water partition coefficient (Wildman–Crippen LogP) is 3.91. The Morgan fingerprint density at radius 3 is 2.45 bits per heavy atom. The third-order valence-corrected chi connectivity index (χ3v) is 3.73. The predicted molar refractivity (Wildman–Crippen MR) is 84.6 cm³/mol. The lowest BCUT2D eigenvalue weighted by molar-refractivity contribution is 0.112. The molecule has 0 spiro atoms. The largest absolute Gasteiger partial charge is 0.497 e. The first-order valence-electron chi connectivity index (χ1n) is 6.23. The molecule has 0 amide bonds. The fraction of sp³-hybridized carbons (Fsp3) is 0.188. The summed E-state index contributed by atoms with van der Waals surface area (Å²) in [4.78, 5) is 12.9. The topological polar surface area (TPSA) is 29.5 Å². The lowest BCUT2D eigenvalue weighted by Crippen LogP contribution is -2.16. The number of hydrogen-bond acceptors (Lipinski definition) is 3. The third-order valence-electron chi connectivity index (χ3n) is 3.10. The van der Waals surface area contributed by atoms with E-state index < -0.39 is 0 Å². The molecule has 0 bridgehead atoms. The second-order valence-electron chi connectivity index (χ2n) is 4.53. The molecule has 0 heterocycles. The smallest absolute Gasteiger partial charge is 0.150 e. The molecule has 0 aliphatic heterocycles. The second-order valence-corrected chi connectivity index (χ2v) is 5.39. The molecule has 0 unspecified atom stereocenters. The Bertz CT molecular complexity index is 596. The van der Waals surface area contributed by atoms with E-state index in [1.54, 1.807) is 7.11 Å². The molecule has 0 radical (unpaired) electrons. The number of rotatable bonds is 5. The van der Waals surface area contributed by atoms with Crippen molar-refractivity contribution in [2.75, 3.05) is 19.1 Å². The molecule has 0 aliphatic rings. The number of ether oxygens (including phenoxy) is 1. The number of carbonyl (C=O) groups is 1. The molecular formula is C16H16BrNO2. The SMILES string of the molecule is COc1ccc(CN(C)c2ccc(C=O)cc2Br)cc1. The molecule has 0 aliphatic carbocycles. The summed E-state index contributed by atoms with van der Waals surface area (Å²) < 4.78 is 6.06. The molecule has 0 N–H and O–H groups in total. The summed E-state index contributed by atoms with van der Waals surface area (Å²) in [5.41, 5.74) is 2.91. The van der Waals surface area contributed by atoms with E-state index >= 15 is 0 Å². The van der Waals surface area contributed by atoms with Gasteiger partial charge in [0.2, 0.25) is 0 Å². The van der Waals surface area contributed by atoms with Crippen LogP contribution in [0.4, 0.5) is 5.69 Å². The van der Waals surface area contributed by atoms with Crippen LogP contribution in [0.15, 0.2) is 46.9 Å². The summed E-state index contributed by atoms with van der Waals surface area (Å²) in [6.07, 6.45) is 0.845. The van der Waals surface area contributed by atoms with Gasteiger partial charge in [0.05, 0.1) is 12.8 Å². The molecule has 20 heavy (non-hydrogen) atoms. The number of benzene rings is 2. The highest BCUT2D eigenvalue weighted by Crippen LogP contribution is 2.27. The minimum Gasteiger partial charge on any atom is -0.497 e. The van der Waals surface area contributed by atoms with Gasteiger partial charge in [-0.1, -0.05) is 12.1 Å². The Hall–Kier alpha value is -1.81. The zero-order valence-electron chi connectivity index (χ0n) is 11.5. The van der Waals surface area contributed by atoms with Crippen molar-refractivity contribution < 1.29 is 9.53 Å². The van der Waals surface area contributed by atoms with Gasteiger partial charge in [-0.3, -0.25) is 4.79 Å². The van der Waals surface area contributed by atoms with Gasteiger partial charge in [0.15, 0.2) is 0 Å². The van der Waals surface area contributed by atoms with Gasteiger partial charge in [-0.25, -0.2) is 0 Å². The van der Waals surface area contributed by atoms with Gasteiger partial charge in [0.1, 0.15) is 12.0 Å². The monoisotopic (exact) mass is 333 g/mol. The van der Waals surface area contributed by atoms with Gasteiger partial charge >= 0.3 is 0 Å². The van der Waals surface area contributed by atoms with Gasteiger partial charge in [0, 0.05) is 23.6 Å². The lowest BCUT2D eigenvalue weighted by atomic mass is 10.1. The lowest BCUT2D eigenvalue weighted by Gasteiger charge is -2.21. The summed E-state index contributed by atoms with van der Waals surface area (Å²) in [6.45, 7) is 0.781. The summed E-state index contributed by atoms with van der Waals surface area (Å²) in [5.74, 6) is 0.855. The average Bonchev–Trinajstić information content (AvgIpc) is 2.47. The van der Waals surface area contributed by atoms with Gasteiger partial charge in [-0.05, 0) is 51.8 Å². The number of hydrogen-bond donors (Lipinski definition) is 0. The number of nitrogens with zero attached hydrogens (tertiary/aromatic N) is 1. The molecule has 2 aromatic rings. The molecule has 3 nitrogen and oxygen atoms in total. The molecule has 4 heteroatoms. The first-order chi connectivity index (χ1) is 9.63. The van der Waals surface area contributed by atoms with Crippen LogP contribution in [0, 0.1) is 0 Å². The van der Waals surface area contributed by atoms with E-state index in [9.17, 15) is 4.79 Å². The normalized spacial score (nSPS) is 10.2. The Morgan fingerprint density at radius 1 is 1.20 bits per heavy atom. The molecule has 2 aromatic carbocycles. The summed E-state index contributed by atoms with van der Waals surface area (Å²) in [7, 11) is 3.68. The van der Waals surface area contributed by atoms with Gasteiger partial charge in [0.25, 0.3) is 0 Å². The van der Waals surface area contributed by atoms with E-state index in [0.717, 1.165) is 28.7 Å². The molecule has 0 saturated carbocycles. The van der Waals surface area contributed by atoms with Crippen LogP contribution < -0.4 is 9.64 Å². The molecule has 0 aromatic heterocycles. The number of methoxy groups -OCH3 is 1. The van der Waals surface area contributed by atoms with Crippen LogP contribution in [0.25, 0.3) is 0 Å². The highest BCUT2D eigenvalue weighted by Gasteiger charge is 2.07. The van der Waals surface area contributed by atoms with Crippen LogP contribution in [-0.2, 0) is 6.54 Å². The number of anilines is 1. The van der Waals surface area contributed by atoms with E-state index in [4.69, 9.17) is 4.74 Å². The quantitative estimate of drug-likeness (QED) is 0.777. The molecule has 0 atom stereocenters. The van der Waals surface area contributed by atoms with Gasteiger partial charge < -0.3 is 9.64 Å². The Kier molecular flexibility index (Phi) is 4.79. The fourth-order valence-corrected chi connectivity index (χ4v) is 2.70. The Balaban J connectivity index is 2.14. The van der Waals surface area contributed by atoms with Crippen molar-refractivity contribution in [2.24, 2.45) is 0 Å². The standard InChI is InChI=1S/C16H16BrNO2/c1-18(10-12-3-6-14(20-2)7-4-12)16-8-5-13(11-19)9-15(16)17/h3-9,11H,10H2,1-2H3. The minimum absolute atomic E-state index is 0.665. The van der Waals surface area contributed by atoms with E-state index in [0.29, 0.717) is 5.56 Å². The third kappa shape index (κ3) is 3.39. The maximum atomic E-state index is 10.7. The molecule has 2 rings (SSSR count). The molecule has 104 valence electrons. The molecular weight excluding hydrogens is 318 g/mol. The molecule has 0 saturated heterocycles. The van der Waals surface area contributed by atoms with Crippen LogP contribution in [-0.4, -0.2) is 20.4 Å². The maximum absolute atomic E-state index is 10.7. The van der Waals surface area contributed by atoms with Crippen molar-refractivity contribution in [3.05, 3.63) is 58.1 Å². The first kappa shape index (κ1) is 14.6. The molecule has 0 fully saturated rings. The summed E-state index contributed by atoms with van der Waals surface area (Å²) in [6, 6.07) is 13.6. The van der Waals surface area contributed by atoms with Crippen molar-refractivity contribution in [1.29, 1.82) is 0 Å². The van der Waals surface area contributed by atoms with Crippen molar-refractivity contribution in [3.8, 4) is 5.75 Å². The van der Waals surface area contributed by atoms with Crippen molar-refractivity contribution in [3.63, 3.8) is 0 Å². The van der Waals surface area contributed by atoms with Gasteiger partial charge in [-0.2, -0.15) is 0 Å². The maximum Gasteiger partial charge on any atom is 0.150 e. The van der Waals surface area contributed by atoms with Crippen LogP contribution in [0.5, 0.6) is 5.75 Å². The van der Waals surface area contributed by atoms with Crippen LogP contribution in [0.2, 0.25) is 0 Å². The first-order valence-corrected chi connectivity index (χ1v) is 7.02. The van der Waals surface area contributed by atoms with Gasteiger partial charge in [-0.15, -0.1) is 0 Å². The highest BCUT2D eigenvalue weighted by molar-refractivity contribution is 9.10. The van der Waals surface area contributed by atoms with E-state index in [-0.39, 0.29) is 0 Å².